The van der Waals surface area contributed by atoms with E-state index in [4.69, 9.17) is 5.73 Å². The van der Waals surface area contributed by atoms with E-state index in [1.165, 1.54) is 6.07 Å². The molecular formula is C8H11FN2. The van der Waals surface area contributed by atoms with Crippen LogP contribution in [0.25, 0.3) is 0 Å². The van der Waals surface area contributed by atoms with Gasteiger partial charge in [-0.25, -0.2) is 4.39 Å². The lowest BCUT2D eigenvalue weighted by molar-refractivity contribution is 0.632. The zero-order valence-electron chi connectivity index (χ0n) is 6.61. The van der Waals surface area contributed by atoms with Gasteiger partial charge in [0.25, 0.3) is 0 Å². The molecule has 60 valence electrons. The molecule has 0 unspecified atom stereocenters. The second-order valence-corrected chi connectivity index (χ2v) is 2.46. The summed E-state index contributed by atoms with van der Waals surface area (Å²) in [6.45, 7) is 1.82. The minimum Gasteiger partial charge on any atom is -0.395 e. The highest BCUT2D eigenvalue weighted by Crippen LogP contribution is 2.22. The summed E-state index contributed by atoms with van der Waals surface area (Å²) in [4.78, 5) is 0. The molecule has 0 atom stereocenters. The molecule has 0 bridgehead atoms. The van der Waals surface area contributed by atoms with Crippen molar-refractivity contribution in [2.45, 2.75) is 6.92 Å². The van der Waals surface area contributed by atoms with Crippen LogP contribution in [-0.2, 0) is 0 Å². The molecule has 0 heterocycles. The van der Waals surface area contributed by atoms with Crippen molar-refractivity contribution in [3.8, 4) is 0 Å². The molecule has 0 aliphatic rings. The highest BCUT2D eigenvalue weighted by molar-refractivity contribution is 5.67. The Bertz CT molecular complexity index is 271. The molecule has 0 aromatic heterocycles. The van der Waals surface area contributed by atoms with Gasteiger partial charge in [0, 0.05) is 7.05 Å². The Morgan fingerprint density at radius 1 is 1.45 bits per heavy atom. The zero-order chi connectivity index (χ0) is 8.43. The van der Waals surface area contributed by atoms with Gasteiger partial charge in [-0.2, -0.15) is 0 Å². The van der Waals surface area contributed by atoms with Crippen molar-refractivity contribution in [1.82, 2.24) is 0 Å². The van der Waals surface area contributed by atoms with E-state index in [1.54, 1.807) is 13.1 Å². The van der Waals surface area contributed by atoms with Crippen molar-refractivity contribution in [3.05, 3.63) is 23.5 Å². The summed E-state index contributed by atoms with van der Waals surface area (Å²) in [5, 5.41) is 2.81. The second-order valence-electron chi connectivity index (χ2n) is 2.46. The van der Waals surface area contributed by atoms with Crippen molar-refractivity contribution in [2.75, 3.05) is 18.1 Å². The van der Waals surface area contributed by atoms with Gasteiger partial charge in [0.2, 0.25) is 0 Å². The maximum Gasteiger partial charge on any atom is 0.148 e. The quantitative estimate of drug-likeness (QED) is 0.605. The highest BCUT2D eigenvalue weighted by atomic mass is 19.1. The van der Waals surface area contributed by atoms with Gasteiger partial charge >= 0.3 is 0 Å². The van der Waals surface area contributed by atoms with E-state index < -0.39 is 0 Å². The van der Waals surface area contributed by atoms with Gasteiger partial charge < -0.3 is 11.1 Å². The molecule has 1 aromatic carbocycles. The number of benzene rings is 1. The predicted molar refractivity (Wildman–Crippen MR) is 45.1 cm³/mol. The SMILES string of the molecule is CNc1cc(C)cc(F)c1N. The molecule has 3 N–H and O–H groups in total. The van der Waals surface area contributed by atoms with E-state index in [2.05, 4.69) is 5.32 Å². The van der Waals surface area contributed by atoms with E-state index in [-0.39, 0.29) is 11.5 Å². The number of anilines is 2. The smallest absolute Gasteiger partial charge is 0.148 e. The van der Waals surface area contributed by atoms with E-state index in [0.717, 1.165) is 5.56 Å². The lowest BCUT2D eigenvalue weighted by Gasteiger charge is -2.06. The van der Waals surface area contributed by atoms with E-state index >= 15 is 0 Å². The fourth-order valence-electron chi connectivity index (χ4n) is 0.960. The minimum absolute atomic E-state index is 0.179. The molecule has 0 aliphatic carbocycles. The van der Waals surface area contributed by atoms with Gasteiger partial charge in [0.15, 0.2) is 0 Å². The number of hydrogen-bond donors (Lipinski definition) is 2. The summed E-state index contributed by atoms with van der Waals surface area (Å²) in [5.41, 5.74) is 7.11. The van der Waals surface area contributed by atoms with Crippen LogP contribution in [0.5, 0.6) is 0 Å². The van der Waals surface area contributed by atoms with E-state index in [0.29, 0.717) is 5.69 Å². The number of hydrogen-bond acceptors (Lipinski definition) is 2. The third-order valence-corrected chi connectivity index (χ3v) is 1.54. The van der Waals surface area contributed by atoms with Crippen molar-refractivity contribution in [2.24, 2.45) is 0 Å². The summed E-state index contributed by atoms with van der Waals surface area (Å²) in [6, 6.07) is 3.22. The first kappa shape index (κ1) is 7.85. The van der Waals surface area contributed by atoms with Crippen molar-refractivity contribution >= 4 is 11.4 Å². The lowest BCUT2D eigenvalue weighted by Crippen LogP contribution is -1.99. The largest absolute Gasteiger partial charge is 0.395 e. The Morgan fingerprint density at radius 2 is 2.09 bits per heavy atom. The molecule has 0 saturated heterocycles. The molecule has 2 nitrogen and oxygen atoms in total. The molecule has 0 radical (unpaired) electrons. The molecule has 0 saturated carbocycles. The third-order valence-electron chi connectivity index (χ3n) is 1.54. The summed E-state index contributed by atoms with van der Waals surface area (Å²) >= 11 is 0. The van der Waals surface area contributed by atoms with Crippen molar-refractivity contribution in [1.29, 1.82) is 0 Å². The third kappa shape index (κ3) is 1.42. The van der Waals surface area contributed by atoms with Crippen LogP contribution in [0.3, 0.4) is 0 Å². The van der Waals surface area contributed by atoms with Crippen LogP contribution in [-0.4, -0.2) is 7.05 Å². The predicted octanol–water partition coefficient (Wildman–Crippen LogP) is 1.76. The van der Waals surface area contributed by atoms with Gasteiger partial charge in [-0.15, -0.1) is 0 Å². The number of nitrogen functional groups attached to an aromatic ring is 1. The van der Waals surface area contributed by atoms with Crippen LogP contribution in [0, 0.1) is 12.7 Å². The number of aryl methyl sites for hydroxylation is 1. The van der Waals surface area contributed by atoms with Crippen LogP contribution in [0.15, 0.2) is 12.1 Å². The lowest BCUT2D eigenvalue weighted by atomic mass is 10.2. The van der Waals surface area contributed by atoms with Crippen LogP contribution in [0.2, 0.25) is 0 Å². The van der Waals surface area contributed by atoms with Crippen LogP contribution in [0.4, 0.5) is 15.8 Å². The molecule has 0 aliphatic heterocycles. The van der Waals surface area contributed by atoms with Crippen LogP contribution in [0.1, 0.15) is 5.56 Å². The Hall–Kier alpha value is -1.25. The first-order valence-electron chi connectivity index (χ1n) is 3.38. The van der Waals surface area contributed by atoms with E-state index in [1.807, 2.05) is 6.92 Å². The second kappa shape index (κ2) is 2.78. The average molecular weight is 154 g/mol. The summed E-state index contributed by atoms with van der Waals surface area (Å²) < 4.78 is 12.9. The first-order valence-corrected chi connectivity index (χ1v) is 3.38. The van der Waals surface area contributed by atoms with Gasteiger partial charge in [-0.1, -0.05) is 0 Å². The monoisotopic (exact) mass is 154 g/mol. The molecule has 11 heavy (non-hydrogen) atoms. The van der Waals surface area contributed by atoms with Gasteiger partial charge in [0.05, 0.1) is 11.4 Å². The maximum absolute atomic E-state index is 12.9. The molecule has 1 rings (SSSR count). The normalized spacial score (nSPS) is 9.73. The number of rotatable bonds is 1. The number of halogens is 1. The number of nitrogens with two attached hydrogens (primary N) is 1. The molecule has 1 aromatic rings. The summed E-state index contributed by atoms with van der Waals surface area (Å²) in [7, 11) is 1.71. The topological polar surface area (TPSA) is 38.0 Å². The number of nitrogens with one attached hydrogen (secondary N) is 1. The van der Waals surface area contributed by atoms with Gasteiger partial charge in [-0.3, -0.25) is 0 Å². The van der Waals surface area contributed by atoms with Crippen molar-refractivity contribution in [3.63, 3.8) is 0 Å². The van der Waals surface area contributed by atoms with Crippen LogP contribution >= 0.6 is 0 Å². The maximum atomic E-state index is 12.9. The van der Waals surface area contributed by atoms with E-state index in [9.17, 15) is 4.39 Å². The van der Waals surface area contributed by atoms with Gasteiger partial charge in [0.1, 0.15) is 5.82 Å². The first-order chi connectivity index (χ1) is 5.15. The standard InChI is InChI=1S/C8H11FN2/c1-5-3-6(9)8(10)7(4-5)11-2/h3-4,11H,10H2,1-2H3. The fourth-order valence-corrected chi connectivity index (χ4v) is 0.960. The molecule has 0 spiro atoms. The molecular weight excluding hydrogens is 143 g/mol. The zero-order valence-corrected chi connectivity index (χ0v) is 6.61. The Balaban J connectivity index is 3.24. The summed E-state index contributed by atoms with van der Waals surface area (Å²) in [5.74, 6) is -0.366. The van der Waals surface area contributed by atoms with Crippen molar-refractivity contribution < 1.29 is 4.39 Å². The fraction of sp³-hybridized carbons (Fsp3) is 0.250. The van der Waals surface area contributed by atoms with Gasteiger partial charge in [-0.05, 0) is 24.6 Å². The Morgan fingerprint density at radius 3 is 2.64 bits per heavy atom. The van der Waals surface area contributed by atoms with Crippen LogP contribution < -0.4 is 11.1 Å². The Labute approximate surface area is 65.2 Å². The average Bonchev–Trinajstić information content (AvgIpc) is 1.96. The highest BCUT2D eigenvalue weighted by Gasteiger charge is 2.03. The summed E-state index contributed by atoms with van der Waals surface area (Å²) in [6.07, 6.45) is 0. The molecule has 0 fully saturated rings. The minimum atomic E-state index is -0.366. The Kier molecular flexibility index (Phi) is 1.98. The molecule has 0 amide bonds. The molecule has 3 heteroatoms.